The summed E-state index contributed by atoms with van der Waals surface area (Å²) in [6.07, 6.45) is 5.30. The summed E-state index contributed by atoms with van der Waals surface area (Å²) >= 11 is 5.86. The third-order valence-electron chi connectivity index (χ3n) is 3.58. The van der Waals surface area contributed by atoms with Crippen molar-refractivity contribution in [2.45, 2.75) is 38.3 Å². The fraction of sp³-hybridized carbons (Fsp3) is 0.429. The standard InChI is InChI=1S/C14H16ClN3O/c15-11-7-5-10(6-8-11)14-18-17-13(19-14)9-16-12-3-1-2-4-12/h5-8,12,16H,1-4,9H2/p+1. The van der Waals surface area contributed by atoms with E-state index in [1.807, 2.05) is 24.3 Å². The summed E-state index contributed by atoms with van der Waals surface area (Å²) in [6, 6.07) is 8.16. The number of hydrogen-bond acceptors (Lipinski definition) is 3. The van der Waals surface area contributed by atoms with Crippen molar-refractivity contribution in [3.05, 3.63) is 35.2 Å². The maximum absolute atomic E-state index is 5.86. The summed E-state index contributed by atoms with van der Waals surface area (Å²) in [4.78, 5) is 0. The zero-order chi connectivity index (χ0) is 13.1. The van der Waals surface area contributed by atoms with Crippen LogP contribution >= 0.6 is 11.6 Å². The van der Waals surface area contributed by atoms with Gasteiger partial charge < -0.3 is 9.73 Å². The summed E-state index contributed by atoms with van der Waals surface area (Å²) < 4.78 is 5.67. The van der Waals surface area contributed by atoms with E-state index in [9.17, 15) is 0 Å². The van der Waals surface area contributed by atoms with Crippen LogP contribution in [0.15, 0.2) is 28.7 Å². The fourth-order valence-corrected chi connectivity index (χ4v) is 2.63. The van der Waals surface area contributed by atoms with E-state index in [1.165, 1.54) is 25.7 Å². The van der Waals surface area contributed by atoms with Crippen LogP contribution in [0.25, 0.3) is 11.5 Å². The lowest BCUT2D eigenvalue weighted by Crippen LogP contribution is -2.88. The summed E-state index contributed by atoms with van der Waals surface area (Å²) in [7, 11) is 0. The van der Waals surface area contributed by atoms with Gasteiger partial charge in [0.1, 0.15) is 0 Å². The first-order valence-corrected chi connectivity index (χ1v) is 7.11. The van der Waals surface area contributed by atoms with E-state index in [0.717, 1.165) is 18.2 Å². The number of rotatable bonds is 4. The van der Waals surface area contributed by atoms with Gasteiger partial charge in [-0.3, -0.25) is 0 Å². The summed E-state index contributed by atoms with van der Waals surface area (Å²) in [5.41, 5.74) is 0.906. The first kappa shape index (κ1) is 12.6. The van der Waals surface area contributed by atoms with Crippen LogP contribution < -0.4 is 5.32 Å². The second kappa shape index (κ2) is 5.72. The molecule has 0 amide bonds. The zero-order valence-electron chi connectivity index (χ0n) is 10.7. The molecule has 3 rings (SSSR count). The first-order chi connectivity index (χ1) is 9.31. The minimum atomic E-state index is 0.562. The third kappa shape index (κ3) is 3.14. The number of nitrogens with two attached hydrogens (primary N) is 1. The average molecular weight is 279 g/mol. The van der Waals surface area contributed by atoms with Gasteiger partial charge in [0.05, 0.1) is 6.04 Å². The Balaban J connectivity index is 1.63. The van der Waals surface area contributed by atoms with E-state index in [2.05, 4.69) is 15.5 Å². The molecule has 2 aromatic rings. The molecule has 2 N–H and O–H groups in total. The van der Waals surface area contributed by atoms with E-state index in [-0.39, 0.29) is 0 Å². The molecule has 1 aliphatic rings. The Morgan fingerprint density at radius 1 is 1.16 bits per heavy atom. The molecule has 5 heteroatoms. The molecule has 0 radical (unpaired) electrons. The van der Waals surface area contributed by atoms with Crippen LogP contribution in [0.5, 0.6) is 0 Å². The normalized spacial score (nSPS) is 16.1. The Morgan fingerprint density at radius 3 is 2.63 bits per heavy atom. The lowest BCUT2D eigenvalue weighted by Gasteiger charge is -2.05. The van der Waals surface area contributed by atoms with Gasteiger partial charge >= 0.3 is 0 Å². The second-order valence-electron chi connectivity index (χ2n) is 4.99. The number of halogens is 1. The van der Waals surface area contributed by atoms with Crippen molar-refractivity contribution in [2.75, 3.05) is 0 Å². The zero-order valence-corrected chi connectivity index (χ0v) is 11.4. The maximum Gasteiger partial charge on any atom is 0.271 e. The molecule has 4 nitrogen and oxygen atoms in total. The molecule has 0 spiro atoms. The van der Waals surface area contributed by atoms with Crippen molar-refractivity contribution in [1.82, 2.24) is 10.2 Å². The molecule has 0 unspecified atom stereocenters. The van der Waals surface area contributed by atoms with Crippen LogP contribution in [0, 0.1) is 0 Å². The minimum Gasteiger partial charge on any atom is -0.415 e. The highest BCUT2D eigenvalue weighted by molar-refractivity contribution is 6.30. The van der Waals surface area contributed by atoms with Gasteiger partial charge in [-0.1, -0.05) is 11.6 Å². The van der Waals surface area contributed by atoms with Crippen molar-refractivity contribution >= 4 is 11.6 Å². The lowest BCUT2D eigenvalue weighted by molar-refractivity contribution is -0.705. The fourth-order valence-electron chi connectivity index (χ4n) is 2.51. The van der Waals surface area contributed by atoms with Crippen LogP contribution in [-0.2, 0) is 6.54 Å². The quantitative estimate of drug-likeness (QED) is 0.934. The van der Waals surface area contributed by atoms with Crippen LogP contribution in [0.2, 0.25) is 5.02 Å². The van der Waals surface area contributed by atoms with Crippen LogP contribution in [0.3, 0.4) is 0 Å². The smallest absolute Gasteiger partial charge is 0.271 e. The molecule has 1 heterocycles. The van der Waals surface area contributed by atoms with Gasteiger partial charge in [-0.15, -0.1) is 10.2 Å². The molecule has 1 aromatic heterocycles. The molecule has 1 saturated carbocycles. The predicted molar refractivity (Wildman–Crippen MR) is 72.6 cm³/mol. The average Bonchev–Trinajstić information content (AvgIpc) is 3.09. The summed E-state index contributed by atoms with van der Waals surface area (Å²) in [5.74, 6) is 1.25. The summed E-state index contributed by atoms with van der Waals surface area (Å²) in [5, 5.41) is 11.2. The Kier molecular flexibility index (Phi) is 3.80. The molecule has 1 aliphatic carbocycles. The van der Waals surface area contributed by atoms with Gasteiger partial charge in [-0.05, 0) is 49.9 Å². The monoisotopic (exact) mass is 278 g/mol. The van der Waals surface area contributed by atoms with Gasteiger partial charge in [-0.25, -0.2) is 0 Å². The third-order valence-corrected chi connectivity index (χ3v) is 3.84. The Bertz CT molecular complexity index is 532. The second-order valence-corrected chi connectivity index (χ2v) is 5.43. The van der Waals surface area contributed by atoms with E-state index in [1.54, 1.807) is 0 Å². The number of hydrogen-bond donors (Lipinski definition) is 1. The van der Waals surface area contributed by atoms with Crippen LogP contribution in [0.1, 0.15) is 31.6 Å². The highest BCUT2D eigenvalue weighted by Crippen LogP contribution is 2.20. The maximum atomic E-state index is 5.86. The highest BCUT2D eigenvalue weighted by Gasteiger charge is 2.19. The van der Waals surface area contributed by atoms with Crippen molar-refractivity contribution in [1.29, 1.82) is 0 Å². The summed E-state index contributed by atoms with van der Waals surface area (Å²) in [6.45, 7) is 0.769. The van der Waals surface area contributed by atoms with Gasteiger partial charge in [0.15, 0.2) is 6.54 Å². The Labute approximate surface area is 117 Å². The molecule has 1 aromatic carbocycles. The van der Waals surface area contributed by atoms with Gasteiger partial charge in [0.25, 0.3) is 5.89 Å². The van der Waals surface area contributed by atoms with Crippen LogP contribution in [0.4, 0.5) is 0 Å². The Hall–Kier alpha value is -1.39. The molecule has 19 heavy (non-hydrogen) atoms. The van der Waals surface area contributed by atoms with Crippen molar-refractivity contribution < 1.29 is 9.73 Å². The van der Waals surface area contributed by atoms with Crippen molar-refractivity contribution in [3.8, 4) is 11.5 Å². The van der Waals surface area contributed by atoms with Crippen LogP contribution in [-0.4, -0.2) is 16.2 Å². The van der Waals surface area contributed by atoms with E-state index >= 15 is 0 Å². The molecule has 0 saturated heterocycles. The predicted octanol–water partition coefficient (Wildman–Crippen LogP) is 2.40. The largest absolute Gasteiger partial charge is 0.415 e. The number of benzene rings is 1. The molecular formula is C14H17ClN3O+. The van der Waals surface area contributed by atoms with Gasteiger partial charge in [0.2, 0.25) is 5.89 Å². The number of nitrogens with zero attached hydrogens (tertiary/aromatic N) is 2. The molecule has 100 valence electrons. The molecule has 0 atom stereocenters. The molecule has 0 bridgehead atoms. The van der Waals surface area contributed by atoms with Crippen molar-refractivity contribution in [2.24, 2.45) is 0 Å². The molecule has 1 fully saturated rings. The molecule has 0 aliphatic heterocycles. The van der Waals surface area contributed by atoms with Gasteiger partial charge in [-0.2, -0.15) is 0 Å². The van der Waals surface area contributed by atoms with E-state index < -0.39 is 0 Å². The number of aromatic nitrogens is 2. The number of quaternary nitrogens is 1. The first-order valence-electron chi connectivity index (χ1n) is 6.73. The Morgan fingerprint density at radius 2 is 1.89 bits per heavy atom. The topological polar surface area (TPSA) is 55.5 Å². The highest BCUT2D eigenvalue weighted by atomic mass is 35.5. The van der Waals surface area contributed by atoms with E-state index in [0.29, 0.717) is 16.8 Å². The SMILES string of the molecule is Clc1ccc(-c2nnc(C[NH2+]C3CCCC3)o2)cc1. The van der Waals surface area contributed by atoms with Crippen molar-refractivity contribution in [3.63, 3.8) is 0 Å². The minimum absolute atomic E-state index is 0.562. The lowest BCUT2D eigenvalue weighted by atomic mass is 10.2. The molecular weight excluding hydrogens is 262 g/mol. The van der Waals surface area contributed by atoms with Gasteiger partial charge in [0, 0.05) is 10.6 Å². The van der Waals surface area contributed by atoms with E-state index in [4.69, 9.17) is 16.0 Å².